The first-order valence-corrected chi connectivity index (χ1v) is 10.3. The number of carboxylic acids is 1. The second kappa shape index (κ2) is 8.86. The van der Waals surface area contributed by atoms with Crippen molar-refractivity contribution in [3.63, 3.8) is 0 Å². The zero-order valence-corrected chi connectivity index (χ0v) is 17.5. The molecular formula is C24H21N5O3. The van der Waals surface area contributed by atoms with Gasteiger partial charge in [0.1, 0.15) is 12.9 Å². The van der Waals surface area contributed by atoms with Gasteiger partial charge in [-0.15, -0.1) is 0 Å². The van der Waals surface area contributed by atoms with Crippen molar-refractivity contribution in [2.24, 2.45) is 0 Å². The van der Waals surface area contributed by atoms with Crippen LogP contribution in [0.15, 0.2) is 59.7 Å². The Morgan fingerprint density at radius 3 is 2.59 bits per heavy atom. The number of nitriles is 1. The smallest absolute Gasteiger partial charge is 0.323 e. The van der Waals surface area contributed by atoms with E-state index in [9.17, 15) is 20.0 Å². The molecular weight excluding hydrogens is 406 g/mol. The van der Waals surface area contributed by atoms with E-state index >= 15 is 0 Å². The molecule has 160 valence electrons. The Hall–Kier alpha value is -4.25. The summed E-state index contributed by atoms with van der Waals surface area (Å²) in [5.74, 6) is -0.889. The Balaban J connectivity index is 1.78. The van der Waals surface area contributed by atoms with Crippen molar-refractivity contribution in [3.05, 3.63) is 87.6 Å². The van der Waals surface area contributed by atoms with Crippen molar-refractivity contribution in [2.45, 2.75) is 32.7 Å². The Labute approximate surface area is 184 Å². The molecule has 0 bridgehead atoms. The van der Waals surface area contributed by atoms with Gasteiger partial charge in [0.15, 0.2) is 0 Å². The SMILES string of the molecule is CCCc1c(Cc2ccc(-c3ccccc3C#N)cc2)c(=O)n(CC(=O)O)c2ncnn12. The van der Waals surface area contributed by atoms with Gasteiger partial charge >= 0.3 is 5.97 Å². The fourth-order valence-corrected chi connectivity index (χ4v) is 3.90. The highest BCUT2D eigenvalue weighted by atomic mass is 16.4. The predicted octanol–water partition coefficient (Wildman–Crippen LogP) is 3.06. The number of fused-ring (bicyclic) bond motifs is 1. The van der Waals surface area contributed by atoms with Crippen LogP contribution in [0.4, 0.5) is 0 Å². The van der Waals surface area contributed by atoms with Crippen LogP contribution in [0.3, 0.4) is 0 Å². The van der Waals surface area contributed by atoms with Gasteiger partial charge in [-0.2, -0.15) is 15.3 Å². The van der Waals surface area contributed by atoms with Gasteiger partial charge in [0.05, 0.1) is 17.3 Å². The quantitative estimate of drug-likeness (QED) is 0.485. The molecule has 2 heterocycles. The maximum Gasteiger partial charge on any atom is 0.323 e. The minimum absolute atomic E-state index is 0.230. The van der Waals surface area contributed by atoms with Gasteiger partial charge in [0.25, 0.3) is 5.56 Å². The molecule has 0 saturated carbocycles. The molecule has 0 fully saturated rings. The van der Waals surface area contributed by atoms with Crippen molar-refractivity contribution < 1.29 is 9.90 Å². The largest absolute Gasteiger partial charge is 0.480 e. The predicted molar refractivity (Wildman–Crippen MR) is 118 cm³/mol. The fourth-order valence-electron chi connectivity index (χ4n) is 3.90. The molecule has 0 unspecified atom stereocenters. The number of hydrogen-bond donors (Lipinski definition) is 1. The Kier molecular flexibility index (Phi) is 5.81. The number of carbonyl (C=O) groups is 1. The Bertz CT molecular complexity index is 1390. The molecule has 1 N–H and O–H groups in total. The lowest BCUT2D eigenvalue weighted by atomic mass is 9.97. The zero-order chi connectivity index (χ0) is 22.7. The molecule has 2 aromatic heterocycles. The van der Waals surface area contributed by atoms with Crippen LogP contribution in [0.2, 0.25) is 0 Å². The summed E-state index contributed by atoms with van der Waals surface area (Å²) in [6.07, 6.45) is 3.08. The van der Waals surface area contributed by atoms with Crippen LogP contribution < -0.4 is 5.56 Å². The van der Waals surface area contributed by atoms with Gasteiger partial charge in [-0.3, -0.25) is 14.2 Å². The van der Waals surface area contributed by atoms with Crippen LogP contribution in [0.5, 0.6) is 0 Å². The summed E-state index contributed by atoms with van der Waals surface area (Å²) in [4.78, 5) is 28.7. The van der Waals surface area contributed by atoms with E-state index in [1.807, 2.05) is 49.4 Å². The minimum atomic E-state index is -1.12. The average molecular weight is 427 g/mol. The summed E-state index contributed by atoms with van der Waals surface area (Å²) < 4.78 is 2.72. The van der Waals surface area contributed by atoms with Crippen molar-refractivity contribution in [1.29, 1.82) is 5.26 Å². The summed E-state index contributed by atoms with van der Waals surface area (Å²) in [5, 5.41) is 22.9. The standard InChI is InChI=1S/C24H21N5O3/c1-2-5-21-20(23(32)28(14-22(30)31)24-26-15-27-29(21)24)12-16-8-10-17(11-9-16)19-7-4-3-6-18(19)13-25/h3-4,6-11,15H,2,5,12,14H2,1H3,(H,30,31). The topological polar surface area (TPSA) is 113 Å². The third-order valence-electron chi connectivity index (χ3n) is 5.35. The van der Waals surface area contributed by atoms with Gasteiger partial charge < -0.3 is 5.11 Å². The fraction of sp³-hybridized carbons (Fsp3) is 0.208. The summed E-state index contributed by atoms with van der Waals surface area (Å²) >= 11 is 0. The molecule has 0 atom stereocenters. The molecule has 2 aromatic carbocycles. The number of hydrogen-bond acceptors (Lipinski definition) is 5. The number of aromatic nitrogens is 4. The van der Waals surface area contributed by atoms with E-state index in [0.717, 1.165) is 33.4 Å². The second-order valence-corrected chi connectivity index (χ2v) is 7.46. The Morgan fingerprint density at radius 2 is 1.91 bits per heavy atom. The van der Waals surface area contributed by atoms with Gasteiger partial charge in [-0.25, -0.2) is 4.52 Å². The molecule has 8 nitrogen and oxygen atoms in total. The number of carboxylic acid groups (broad SMARTS) is 1. The van der Waals surface area contributed by atoms with E-state index in [1.165, 1.54) is 6.33 Å². The molecule has 0 aliphatic carbocycles. The average Bonchev–Trinajstić information content (AvgIpc) is 3.29. The van der Waals surface area contributed by atoms with E-state index in [-0.39, 0.29) is 11.3 Å². The number of aliphatic carboxylic acids is 1. The zero-order valence-electron chi connectivity index (χ0n) is 17.5. The molecule has 0 saturated heterocycles. The van der Waals surface area contributed by atoms with Crippen LogP contribution in [0, 0.1) is 11.3 Å². The molecule has 0 radical (unpaired) electrons. The number of nitrogens with zero attached hydrogens (tertiary/aromatic N) is 5. The van der Waals surface area contributed by atoms with Crippen LogP contribution in [-0.2, 0) is 24.2 Å². The van der Waals surface area contributed by atoms with Gasteiger partial charge in [0.2, 0.25) is 5.78 Å². The maximum atomic E-state index is 13.3. The highest BCUT2D eigenvalue weighted by Gasteiger charge is 2.20. The lowest BCUT2D eigenvalue weighted by Crippen LogP contribution is -2.31. The van der Waals surface area contributed by atoms with Gasteiger partial charge in [-0.05, 0) is 29.2 Å². The van der Waals surface area contributed by atoms with Crippen molar-refractivity contribution in [3.8, 4) is 17.2 Å². The highest BCUT2D eigenvalue weighted by Crippen LogP contribution is 2.24. The number of rotatable bonds is 7. The lowest BCUT2D eigenvalue weighted by molar-refractivity contribution is -0.137. The third-order valence-corrected chi connectivity index (χ3v) is 5.35. The first kappa shape index (κ1) is 21.0. The number of benzene rings is 2. The van der Waals surface area contributed by atoms with Crippen molar-refractivity contribution in [2.75, 3.05) is 0 Å². The van der Waals surface area contributed by atoms with Crippen LogP contribution in [-0.4, -0.2) is 30.2 Å². The van der Waals surface area contributed by atoms with E-state index in [1.54, 1.807) is 10.6 Å². The van der Waals surface area contributed by atoms with Crippen molar-refractivity contribution in [1.82, 2.24) is 19.2 Å². The number of aryl methyl sites for hydroxylation is 1. The first-order chi connectivity index (χ1) is 15.5. The van der Waals surface area contributed by atoms with Gasteiger partial charge in [-0.1, -0.05) is 55.8 Å². The monoisotopic (exact) mass is 427 g/mol. The highest BCUT2D eigenvalue weighted by molar-refractivity contribution is 5.70. The molecule has 32 heavy (non-hydrogen) atoms. The summed E-state index contributed by atoms with van der Waals surface area (Å²) in [5.41, 5.74) is 4.14. The molecule has 0 amide bonds. The normalized spacial score (nSPS) is 10.9. The van der Waals surface area contributed by atoms with Gasteiger partial charge in [0, 0.05) is 12.0 Å². The van der Waals surface area contributed by atoms with E-state index < -0.39 is 12.5 Å². The summed E-state index contributed by atoms with van der Waals surface area (Å²) in [6.45, 7) is 1.53. The molecule has 8 heteroatoms. The third kappa shape index (κ3) is 3.88. The summed E-state index contributed by atoms with van der Waals surface area (Å²) in [7, 11) is 0. The van der Waals surface area contributed by atoms with Crippen molar-refractivity contribution >= 4 is 11.7 Å². The molecule has 0 spiro atoms. The molecule has 0 aliphatic rings. The molecule has 4 aromatic rings. The second-order valence-electron chi connectivity index (χ2n) is 7.46. The first-order valence-electron chi connectivity index (χ1n) is 10.3. The maximum absolute atomic E-state index is 13.3. The van der Waals surface area contributed by atoms with E-state index in [4.69, 9.17) is 0 Å². The van der Waals surface area contributed by atoms with Crippen LogP contribution in [0.25, 0.3) is 16.9 Å². The van der Waals surface area contributed by atoms with Crippen LogP contribution in [0.1, 0.15) is 35.7 Å². The Morgan fingerprint density at radius 1 is 1.16 bits per heavy atom. The lowest BCUT2D eigenvalue weighted by Gasteiger charge is -2.14. The van der Waals surface area contributed by atoms with E-state index in [2.05, 4.69) is 16.2 Å². The summed E-state index contributed by atoms with van der Waals surface area (Å²) in [6, 6.07) is 17.3. The molecule has 0 aliphatic heterocycles. The molecule has 4 rings (SSSR count). The minimum Gasteiger partial charge on any atom is -0.480 e. The van der Waals surface area contributed by atoms with Crippen LogP contribution >= 0.6 is 0 Å². The van der Waals surface area contributed by atoms with E-state index in [0.29, 0.717) is 24.0 Å².